The monoisotopic (exact) mass is 238 g/mol. The number of hydrogen-bond donors (Lipinski definition) is 6. The van der Waals surface area contributed by atoms with Crippen molar-refractivity contribution in [3.8, 4) is 0 Å². The van der Waals surface area contributed by atoms with E-state index in [0.717, 1.165) is 0 Å². The molecule has 0 radical (unpaired) electrons. The third-order valence-electron chi connectivity index (χ3n) is 2.70. The van der Waals surface area contributed by atoms with Crippen LogP contribution in [0.1, 0.15) is 25.7 Å². The summed E-state index contributed by atoms with van der Waals surface area (Å²) in [5, 5.41) is 55.5. The SMILES string of the molecule is OCCCC(O)C(O)(CCO)C(O)CCO. The Morgan fingerprint density at radius 3 is 1.81 bits per heavy atom. The molecule has 0 aromatic carbocycles. The largest absolute Gasteiger partial charge is 0.396 e. The lowest BCUT2D eigenvalue weighted by Gasteiger charge is -2.36. The van der Waals surface area contributed by atoms with Crippen LogP contribution in [0.2, 0.25) is 0 Å². The third-order valence-corrected chi connectivity index (χ3v) is 2.70. The van der Waals surface area contributed by atoms with E-state index in [-0.39, 0.29) is 39.1 Å². The Kier molecular flexibility index (Phi) is 7.82. The summed E-state index contributed by atoms with van der Waals surface area (Å²) < 4.78 is 0. The van der Waals surface area contributed by atoms with E-state index in [1.165, 1.54) is 0 Å². The molecule has 0 aromatic rings. The van der Waals surface area contributed by atoms with Gasteiger partial charge >= 0.3 is 0 Å². The van der Waals surface area contributed by atoms with Gasteiger partial charge < -0.3 is 30.6 Å². The molecule has 6 heteroatoms. The quantitative estimate of drug-likeness (QED) is 0.276. The molecule has 0 saturated carbocycles. The van der Waals surface area contributed by atoms with Crippen molar-refractivity contribution in [2.24, 2.45) is 0 Å². The van der Waals surface area contributed by atoms with Crippen molar-refractivity contribution >= 4 is 0 Å². The van der Waals surface area contributed by atoms with Crippen molar-refractivity contribution in [3.05, 3.63) is 0 Å². The average molecular weight is 238 g/mol. The summed E-state index contributed by atoms with van der Waals surface area (Å²) in [5.74, 6) is 0. The highest BCUT2D eigenvalue weighted by molar-refractivity contribution is 4.92. The Hall–Kier alpha value is -0.240. The summed E-state index contributed by atoms with van der Waals surface area (Å²) in [7, 11) is 0. The van der Waals surface area contributed by atoms with Gasteiger partial charge in [0.2, 0.25) is 0 Å². The van der Waals surface area contributed by atoms with Gasteiger partial charge in [0, 0.05) is 26.2 Å². The van der Waals surface area contributed by atoms with Crippen LogP contribution in [0.4, 0.5) is 0 Å². The van der Waals surface area contributed by atoms with Gasteiger partial charge in [0.05, 0.1) is 12.2 Å². The van der Waals surface area contributed by atoms with Crippen molar-refractivity contribution in [3.63, 3.8) is 0 Å². The van der Waals surface area contributed by atoms with E-state index in [9.17, 15) is 15.3 Å². The lowest BCUT2D eigenvalue weighted by atomic mass is 9.83. The van der Waals surface area contributed by atoms with Crippen LogP contribution >= 0.6 is 0 Å². The molecule has 0 aliphatic rings. The zero-order valence-corrected chi connectivity index (χ0v) is 9.29. The molecule has 0 bridgehead atoms. The number of aliphatic hydroxyl groups excluding tert-OH is 5. The number of hydrogen-bond acceptors (Lipinski definition) is 6. The fourth-order valence-electron chi connectivity index (χ4n) is 1.64. The minimum atomic E-state index is -1.84. The molecule has 0 amide bonds. The zero-order valence-electron chi connectivity index (χ0n) is 9.29. The van der Waals surface area contributed by atoms with Crippen molar-refractivity contribution in [2.45, 2.75) is 43.5 Å². The molecule has 6 N–H and O–H groups in total. The van der Waals surface area contributed by atoms with Crippen LogP contribution in [0.5, 0.6) is 0 Å². The summed E-state index contributed by atoms with van der Waals surface area (Å²) in [6.07, 6.45) is -2.39. The fourth-order valence-corrected chi connectivity index (χ4v) is 1.64. The summed E-state index contributed by atoms with van der Waals surface area (Å²) in [5.41, 5.74) is -1.84. The predicted octanol–water partition coefficient (Wildman–Crippen LogP) is -2.02. The Bertz CT molecular complexity index is 177. The first-order chi connectivity index (χ1) is 7.52. The van der Waals surface area contributed by atoms with Crippen molar-refractivity contribution in [1.82, 2.24) is 0 Å². The summed E-state index contributed by atoms with van der Waals surface area (Å²) in [6, 6.07) is 0. The van der Waals surface area contributed by atoms with Crippen LogP contribution in [0, 0.1) is 0 Å². The maximum absolute atomic E-state index is 10.1. The molecule has 0 aliphatic heterocycles. The summed E-state index contributed by atoms with van der Waals surface area (Å²) in [6.45, 7) is -0.820. The second-order valence-electron chi connectivity index (χ2n) is 3.87. The highest BCUT2D eigenvalue weighted by atomic mass is 16.4. The number of aliphatic hydroxyl groups is 6. The molecular formula is C10H22O6. The first-order valence-electron chi connectivity index (χ1n) is 5.44. The molecule has 0 aromatic heterocycles. The summed E-state index contributed by atoms with van der Waals surface area (Å²) in [4.78, 5) is 0. The highest BCUT2D eigenvalue weighted by Gasteiger charge is 2.41. The van der Waals surface area contributed by atoms with Gasteiger partial charge in [0.1, 0.15) is 5.60 Å². The van der Waals surface area contributed by atoms with E-state index in [0.29, 0.717) is 6.42 Å². The molecule has 3 atom stereocenters. The van der Waals surface area contributed by atoms with Gasteiger partial charge in [-0.15, -0.1) is 0 Å². The topological polar surface area (TPSA) is 121 Å². The predicted molar refractivity (Wildman–Crippen MR) is 56.7 cm³/mol. The molecular weight excluding hydrogens is 216 g/mol. The molecule has 0 fully saturated rings. The van der Waals surface area contributed by atoms with Crippen LogP contribution in [0.3, 0.4) is 0 Å². The van der Waals surface area contributed by atoms with E-state index in [1.807, 2.05) is 0 Å². The second kappa shape index (κ2) is 7.94. The van der Waals surface area contributed by atoms with E-state index in [4.69, 9.17) is 15.3 Å². The van der Waals surface area contributed by atoms with Gasteiger partial charge in [-0.2, -0.15) is 0 Å². The standard InChI is InChI=1S/C10H22O6/c11-5-1-2-8(14)10(16,4-7-13)9(15)3-6-12/h8-9,11-16H,1-7H2. The van der Waals surface area contributed by atoms with Gasteiger partial charge in [-0.1, -0.05) is 0 Å². The molecule has 0 aliphatic carbocycles. The minimum Gasteiger partial charge on any atom is -0.396 e. The molecule has 0 heterocycles. The van der Waals surface area contributed by atoms with Crippen LogP contribution in [-0.2, 0) is 0 Å². The highest BCUT2D eigenvalue weighted by Crippen LogP contribution is 2.25. The smallest absolute Gasteiger partial charge is 0.118 e. The van der Waals surface area contributed by atoms with Gasteiger partial charge in [-0.3, -0.25) is 0 Å². The Morgan fingerprint density at radius 2 is 1.38 bits per heavy atom. The van der Waals surface area contributed by atoms with Crippen LogP contribution in [0.15, 0.2) is 0 Å². The molecule has 98 valence electrons. The lowest BCUT2D eigenvalue weighted by Crippen LogP contribution is -2.53. The first-order valence-corrected chi connectivity index (χ1v) is 5.44. The van der Waals surface area contributed by atoms with E-state index < -0.39 is 17.8 Å². The molecule has 3 unspecified atom stereocenters. The number of rotatable bonds is 9. The van der Waals surface area contributed by atoms with Crippen LogP contribution in [-0.4, -0.2) is 68.3 Å². The van der Waals surface area contributed by atoms with Crippen molar-refractivity contribution < 1.29 is 30.6 Å². The van der Waals surface area contributed by atoms with E-state index in [2.05, 4.69) is 0 Å². The van der Waals surface area contributed by atoms with Crippen molar-refractivity contribution in [2.75, 3.05) is 19.8 Å². The van der Waals surface area contributed by atoms with Gasteiger partial charge in [0.25, 0.3) is 0 Å². The maximum Gasteiger partial charge on any atom is 0.118 e. The maximum atomic E-state index is 10.1. The Balaban J connectivity index is 4.51. The first kappa shape index (κ1) is 15.8. The second-order valence-corrected chi connectivity index (χ2v) is 3.87. The van der Waals surface area contributed by atoms with Crippen LogP contribution in [0.25, 0.3) is 0 Å². The molecule has 0 spiro atoms. The van der Waals surface area contributed by atoms with Crippen LogP contribution < -0.4 is 0 Å². The summed E-state index contributed by atoms with van der Waals surface area (Å²) >= 11 is 0. The van der Waals surface area contributed by atoms with E-state index >= 15 is 0 Å². The Labute approximate surface area is 94.8 Å². The van der Waals surface area contributed by atoms with E-state index in [1.54, 1.807) is 0 Å². The lowest BCUT2D eigenvalue weighted by molar-refractivity contribution is -0.161. The zero-order chi connectivity index (χ0) is 12.6. The molecule has 6 nitrogen and oxygen atoms in total. The third kappa shape index (κ3) is 4.32. The molecule has 0 rings (SSSR count). The van der Waals surface area contributed by atoms with Gasteiger partial charge in [0.15, 0.2) is 0 Å². The molecule has 16 heavy (non-hydrogen) atoms. The average Bonchev–Trinajstić information content (AvgIpc) is 2.26. The fraction of sp³-hybridized carbons (Fsp3) is 1.00. The molecule has 0 saturated heterocycles. The van der Waals surface area contributed by atoms with Crippen molar-refractivity contribution in [1.29, 1.82) is 0 Å². The normalized spacial score (nSPS) is 19.1. The van der Waals surface area contributed by atoms with Gasteiger partial charge in [-0.25, -0.2) is 0 Å². The Morgan fingerprint density at radius 1 is 0.812 bits per heavy atom. The van der Waals surface area contributed by atoms with Gasteiger partial charge in [-0.05, 0) is 19.3 Å². The minimum absolute atomic E-state index is 0.0767.